The first-order chi connectivity index (χ1) is 9.52. The fraction of sp³-hybridized carbons (Fsp3) is 0.733. The summed E-state index contributed by atoms with van der Waals surface area (Å²) in [6.07, 6.45) is 2.91. The van der Waals surface area contributed by atoms with E-state index in [2.05, 4.69) is 25.3 Å². The van der Waals surface area contributed by atoms with Crippen LogP contribution in [0.3, 0.4) is 0 Å². The van der Waals surface area contributed by atoms with Crippen LogP contribution in [0.1, 0.15) is 53.4 Å². The van der Waals surface area contributed by atoms with Gasteiger partial charge in [0.25, 0.3) is 0 Å². The van der Waals surface area contributed by atoms with Crippen molar-refractivity contribution in [3.8, 4) is 11.8 Å². The predicted molar refractivity (Wildman–Crippen MR) is 82.5 cm³/mol. The molecule has 0 radical (unpaired) electrons. The standard InChI is InChI=1S/C15H27O4P/c1-6-10-12-14(5)15(13-11-7-2)19-20(16,17-8-3)18-9-4/h15H,5,7-9,11-13H2,1-4H3. The molecule has 116 valence electrons. The molecule has 0 saturated carbocycles. The Morgan fingerprint density at radius 2 is 1.85 bits per heavy atom. The molecule has 0 aliphatic heterocycles. The van der Waals surface area contributed by atoms with E-state index in [0.29, 0.717) is 6.42 Å². The number of unbranched alkanes of at least 4 members (excludes halogenated alkanes) is 1. The minimum atomic E-state index is -3.51. The first kappa shape index (κ1) is 19.4. The molecule has 0 aromatic rings. The smallest absolute Gasteiger partial charge is 0.287 e. The topological polar surface area (TPSA) is 44.8 Å². The van der Waals surface area contributed by atoms with Crippen LogP contribution >= 0.6 is 7.82 Å². The second-order valence-corrected chi connectivity index (χ2v) is 5.90. The molecule has 1 unspecified atom stereocenters. The average Bonchev–Trinajstić information content (AvgIpc) is 2.41. The van der Waals surface area contributed by atoms with Crippen LogP contribution in [0.4, 0.5) is 0 Å². The van der Waals surface area contributed by atoms with E-state index < -0.39 is 7.82 Å². The predicted octanol–water partition coefficient (Wildman–Crippen LogP) is 4.71. The molecule has 0 spiro atoms. The lowest BCUT2D eigenvalue weighted by atomic mass is 10.0. The highest BCUT2D eigenvalue weighted by Gasteiger charge is 2.30. The molecule has 0 fully saturated rings. The second kappa shape index (κ2) is 11.1. The zero-order chi connectivity index (χ0) is 15.4. The number of phosphoric acid groups is 1. The molecule has 0 aromatic heterocycles. The van der Waals surface area contributed by atoms with Crippen molar-refractivity contribution < 1.29 is 18.1 Å². The molecule has 1 atom stereocenters. The summed E-state index contributed by atoms with van der Waals surface area (Å²) in [6.45, 7) is 11.9. The molecule has 0 rings (SSSR count). The molecule has 0 aliphatic rings. The van der Waals surface area contributed by atoms with Gasteiger partial charge >= 0.3 is 7.82 Å². The summed E-state index contributed by atoms with van der Waals surface area (Å²) in [6, 6.07) is 0. The third-order valence-corrected chi connectivity index (χ3v) is 4.26. The SMILES string of the molecule is C=C(CC#CC)C(CCCC)OP(=O)(OCC)OCC. The molecule has 0 aromatic carbocycles. The van der Waals surface area contributed by atoms with Crippen molar-refractivity contribution in [2.45, 2.75) is 59.5 Å². The van der Waals surface area contributed by atoms with Crippen LogP contribution < -0.4 is 0 Å². The van der Waals surface area contributed by atoms with Crippen molar-refractivity contribution in [2.24, 2.45) is 0 Å². The molecule has 20 heavy (non-hydrogen) atoms. The molecule has 0 amide bonds. The van der Waals surface area contributed by atoms with Crippen molar-refractivity contribution in [1.29, 1.82) is 0 Å². The number of phosphoric ester groups is 1. The maximum atomic E-state index is 12.4. The van der Waals surface area contributed by atoms with Gasteiger partial charge in [-0.05, 0) is 32.8 Å². The van der Waals surface area contributed by atoms with Crippen molar-refractivity contribution in [2.75, 3.05) is 13.2 Å². The molecular formula is C15H27O4P. The van der Waals surface area contributed by atoms with Crippen LogP contribution in [0.15, 0.2) is 12.2 Å². The Kier molecular flexibility index (Phi) is 10.8. The van der Waals surface area contributed by atoms with Gasteiger partial charge in [0.1, 0.15) is 0 Å². The highest BCUT2D eigenvalue weighted by atomic mass is 31.2. The van der Waals surface area contributed by atoms with E-state index in [1.165, 1.54) is 0 Å². The van der Waals surface area contributed by atoms with Crippen molar-refractivity contribution in [1.82, 2.24) is 0 Å². The Morgan fingerprint density at radius 3 is 2.30 bits per heavy atom. The lowest BCUT2D eigenvalue weighted by molar-refractivity contribution is 0.0922. The van der Waals surface area contributed by atoms with Crippen LogP contribution in [0.2, 0.25) is 0 Å². The Morgan fingerprint density at radius 1 is 1.25 bits per heavy atom. The van der Waals surface area contributed by atoms with E-state index in [0.717, 1.165) is 24.8 Å². The van der Waals surface area contributed by atoms with Crippen LogP contribution in [-0.2, 0) is 18.1 Å². The average molecular weight is 302 g/mol. The van der Waals surface area contributed by atoms with E-state index in [1.54, 1.807) is 20.8 Å². The lowest BCUT2D eigenvalue weighted by Gasteiger charge is -2.24. The molecule has 0 bridgehead atoms. The molecular weight excluding hydrogens is 275 g/mol. The number of rotatable bonds is 11. The summed E-state index contributed by atoms with van der Waals surface area (Å²) in [5.74, 6) is 5.78. The van der Waals surface area contributed by atoms with Gasteiger partial charge in [-0.1, -0.05) is 32.3 Å². The highest BCUT2D eigenvalue weighted by molar-refractivity contribution is 7.48. The van der Waals surface area contributed by atoms with E-state index in [4.69, 9.17) is 13.6 Å². The zero-order valence-electron chi connectivity index (χ0n) is 13.1. The van der Waals surface area contributed by atoms with Gasteiger partial charge in [0, 0.05) is 6.42 Å². The first-order valence-electron chi connectivity index (χ1n) is 7.17. The van der Waals surface area contributed by atoms with Gasteiger partial charge in [-0.15, -0.1) is 5.92 Å². The summed E-state index contributed by atoms with van der Waals surface area (Å²) in [5, 5.41) is 0. The Balaban J connectivity index is 4.85. The Labute approximate surface area is 123 Å². The van der Waals surface area contributed by atoms with E-state index >= 15 is 0 Å². The largest absolute Gasteiger partial charge is 0.475 e. The number of hydrogen-bond acceptors (Lipinski definition) is 4. The van der Waals surface area contributed by atoms with Crippen LogP contribution in [0.25, 0.3) is 0 Å². The van der Waals surface area contributed by atoms with Gasteiger partial charge in [-0.25, -0.2) is 4.57 Å². The quantitative estimate of drug-likeness (QED) is 0.315. The normalized spacial score (nSPS) is 12.6. The van der Waals surface area contributed by atoms with Gasteiger partial charge in [0.05, 0.1) is 19.3 Å². The highest BCUT2D eigenvalue weighted by Crippen LogP contribution is 2.51. The number of hydrogen-bond donors (Lipinski definition) is 0. The summed E-state index contributed by atoms with van der Waals surface area (Å²) < 4.78 is 28.4. The van der Waals surface area contributed by atoms with E-state index in [1.807, 2.05) is 0 Å². The van der Waals surface area contributed by atoms with Gasteiger partial charge in [-0.3, -0.25) is 13.6 Å². The zero-order valence-corrected chi connectivity index (χ0v) is 14.0. The summed E-state index contributed by atoms with van der Waals surface area (Å²) >= 11 is 0. The Hall–Kier alpha value is -0.590. The van der Waals surface area contributed by atoms with Gasteiger partial charge < -0.3 is 0 Å². The van der Waals surface area contributed by atoms with Crippen LogP contribution in [-0.4, -0.2) is 19.3 Å². The minimum absolute atomic E-state index is 0.277. The van der Waals surface area contributed by atoms with Crippen molar-refractivity contribution in [3.63, 3.8) is 0 Å². The van der Waals surface area contributed by atoms with E-state index in [-0.39, 0.29) is 19.3 Å². The fourth-order valence-corrected chi connectivity index (χ4v) is 3.00. The molecule has 5 heteroatoms. The molecule has 0 N–H and O–H groups in total. The van der Waals surface area contributed by atoms with Gasteiger partial charge in [-0.2, -0.15) is 0 Å². The molecule has 0 saturated heterocycles. The lowest BCUT2D eigenvalue weighted by Crippen LogP contribution is -2.16. The van der Waals surface area contributed by atoms with Crippen LogP contribution in [0, 0.1) is 11.8 Å². The van der Waals surface area contributed by atoms with Crippen molar-refractivity contribution >= 4 is 7.82 Å². The second-order valence-electron chi connectivity index (χ2n) is 4.28. The maximum absolute atomic E-state index is 12.4. The van der Waals surface area contributed by atoms with Crippen LogP contribution in [0.5, 0.6) is 0 Å². The molecule has 0 aliphatic carbocycles. The maximum Gasteiger partial charge on any atom is 0.475 e. The summed E-state index contributed by atoms with van der Waals surface area (Å²) in [4.78, 5) is 0. The van der Waals surface area contributed by atoms with Gasteiger partial charge in [0.2, 0.25) is 0 Å². The Bertz CT molecular complexity index is 371. The summed E-state index contributed by atoms with van der Waals surface area (Å²) in [7, 11) is -3.51. The first-order valence-corrected chi connectivity index (χ1v) is 8.63. The van der Waals surface area contributed by atoms with Gasteiger partial charge in [0.15, 0.2) is 0 Å². The van der Waals surface area contributed by atoms with Crippen molar-refractivity contribution in [3.05, 3.63) is 12.2 Å². The molecule has 0 heterocycles. The van der Waals surface area contributed by atoms with E-state index in [9.17, 15) is 4.57 Å². The monoisotopic (exact) mass is 302 g/mol. The third-order valence-electron chi connectivity index (χ3n) is 2.60. The minimum Gasteiger partial charge on any atom is -0.287 e. The molecule has 4 nitrogen and oxygen atoms in total. The third kappa shape index (κ3) is 7.87. The summed E-state index contributed by atoms with van der Waals surface area (Å²) in [5.41, 5.74) is 0.812. The fourth-order valence-electron chi connectivity index (χ4n) is 1.61.